The number of H-pyrrole nitrogens is 1. The van der Waals surface area contributed by atoms with Crippen LogP contribution < -0.4 is 26.0 Å². The number of anilines is 1. The maximum atomic E-state index is 13.1. The molecule has 0 spiro atoms. The van der Waals surface area contributed by atoms with Crippen LogP contribution in [0.5, 0.6) is 17.2 Å². The maximum absolute atomic E-state index is 13.1. The van der Waals surface area contributed by atoms with Gasteiger partial charge in [0.05, 0.1) is 26.7 Å². The lowest BCUT2D eigenvalue weighted by Gasteiger charge is -2.35. The van der Waals surface area contributed by atoms with E-state index in [0.717, 1.165) is 25.0 Å². The summed E-state index contributed by atoms with van der Waals surface area (Å²) in [7, 11) is -3.92. The number of aromatic nitrogens is 3. The number of aromatic hydroxyl groups is 1. The molecular weight excluding hydrogens is 611 g/mol. The van der Waals surface area contributed by atoms with Crippen LogP contribution in [0.4, 0.5) is 14.5 Å². The van der Waals surface area contributed by atoms with Crippen molar-refractivity contribution in [2.24, 2.45) is 5.92 Å². The molecule has 5 rings (SSSR count). The highest BCUT2D eigenvalue weighted by Gasteiger charge is 2.41. The Morgan fingerprint density at radius 1 is 1.15 bits per heavy atom. The van der Waals surface area contributed by atoms with Gasteiger partial charge in [-0.05, 0) is 49.9 Å². The molecule has 41 heavy (non-hydrogen) atoms. The molecule has 2 aliphatic rings. The van der Waals surface area contributed by atoms with Gasteiger partial charge >= 0.3 is 5.69 Å². The van der Waals surface area contributed by atoms with Crippen molar-refractivity contribution < 1.29 is 31.8 Å². The monoisotopic (exact) mass is 631 g/mol. The molecule has 0 unspecified atom stereocenters. The van der Waals surface area contributed by atoms with Crippen LogP contribution in [0, 0.1) is 5.92 Å². The van der Waals surface area contributed by atoms with Crippen LogP contribution in [0.1, 0.15) is 37.8 Å². The van der Waals surface area contributed by atoms with Gasteiger partial charge in [-0.2, -0.15) is 9.78 Å². The third-order valence-electron chi connectivity index (χ3n) is 6.56. The topological polar surface area (TPSA) is 172 Å². The van der Waals surface area contributed by atoms with E-state index in [0.29, 0.717) is 4.68 Å². The van der Waals surface area contributed by atoms with Crippen molar-refractivity contribution in [2.75, 3.05) is 4.72 Å². The Labute approximate surface area is 240 Å². The zero-order valence-corrected chi connectivity index (χ0v) is 23.1. The van der Waals surface area contributed by atoms with E-state index >= 15 is 0 Å². The molecule has 2 aliphatic carbocycles. The van der Waals surface area contributed by atoms with Crippen molar-refractivity contribution in [2.45, 2.75) is 43.4 Å². The number of aromatic amines is 1. The van der Waals surface area contributed by atoms with Crippen LogP contribution in [0.3, 0.4) is 0 Å². The van der Waals surface area contributed by atoms with Crippen LogP contribution in [0.2, 0.25) is 10.0 Å². The van der Waals surface area contributed by atoms with Crippen molar-refractivity contribution >= 4 is 44.8 Å². The maximum Gasteiger partial charge on any atom is 0.349 e. The molecule has 0 saturated heterocycles. The number of phenols is 1. The number of hydrogen-bond acceptors (Lipinski definition) is 8. The first-order chi connectivity index (χ1) is 19.3. The number of benzene rings is 2. The number of alkyl halides is 2. The summed E-state index contributed by atoms with van der Waals surface area (Å²) in [4.78, 5) is 37.3. The van der Waals surface area contributed by atoms with Crippen LogP contribution in [0.25, 0.3) is 5.69 Å². The van der Waals surface area contributed by atoms with Gasteiger partial charge in [-0.3, -0.25) is 19.3 Å². The molecule has 2 aromatic carbocycles. The summed E-state index contributed by atoms with van der Waals surface area (Å²) in [6.45, 7) is 0. The van der Waals surface area contributed by atoms with Gasteiger partial charge in [0.2, 0.25) is 15.9 Å². The van der Waals surface area contributed by atoms with E-state index in [2.05, 4.69) is 15.1 Å². The second-order valence-electron chi connectivity index (χ2n) is 9.60. The molecule has 2 saturated carbocycles. The fourth-order valence-corrected chi connectivity index (χ4v) is 6.27. The third-order valence-corrected chi connectivity index (χ3v) is 8.88. The highest BCUT2D eigenvalue weighted by molar-refractivity contribution is 7.93. The van der Waals surface area contributed by atoms with E-state index in [1.807, 2.05) is 0 Å². The molecule has 12 nitrogen and oxygen atoms in total. The van der Waals surface area contributed by atoms with Gasteiger partial charge in [-0.25, -0.2) is 22.0 Å². The standard InChI is InChI=1S/C24H21Cl2F2N5O7S/c25-15-7-12(33-24(37)30-23(36)19(31-33)21(27)28)8-16(26)20(15)40-13-3-4-18(34)17(9-13)32-41(38,39)14-5-11(6-14)29-22(35)10-1-2-10/h3-4,7-11,14,21,32,34H,1-2,5-6H2,(H,29,35)(H,30,36,37). The van der Waals surface area contributed by atoms with Crippen LogP contribution in [-0.4, -0.2) is 45.5 Å². The van der Waals surface area contributed by atoms with Gasteiger partial charge in [-0.1, -0.05) is 23.2 Å². The van der Waals surface area contributed by atoms with Gasteiger partial charge in [0, 0.05) is 18.0 Å². The number of ether oxygens (including phenoxy) is 1. The summed E-state index contributed by atoms with van der Waals surface area (Å²) in [5.41, 5.74) is -3.97. The van der Waals surface area contributed by atoms with Crippen molar-refractivity contribution in [3.63, 3.8) is 0 Å². The van der Waals surface area contributed by atoms with Crippen molar-refractivity contribution in [3.8, 4) is 22.9 Å². The molecule has 2 fully saturated rings. The predicted molar refractivity (Wildman–Crippen MR) is 144 cm³/mol. The van der Waals surface area contributed by atoms with E-state index < -0.39 is 38.6 Å². The molecule has 1 heterocycles. The molecule has 1 aromatic heterocycles. The molecule has 1 amide bonds. The molecular formula is C24H21Cl2F2N5O7S. The van der Waals surface area contributed by atoms with Crippen molar-refractivity contribution in [1.29, 1.82) is 0 Å². The Balaban J connectivity index is 1.32. The average molecular weight is 632 g/mol. The third kappa shape index (κ3) is 6.16. The first-order valence-corrected chi connectivity index (χ1v) is 14.5. The highest BCUT2D eigenvalue weighted by Crippen LogP contribution is 2.40. The first-order valence-electron chi connectivity index (χ1n) is 12.2. The SMILES string of the molecule is O=C(NC1CC(S(=O)(=O)Nc2cc(Oc3c(Cl)cc(-n4nc(C(F)F)c(=O)[nH]c4=O)cc3Cl)ccc2O)C1)C1CC1. The highest BCUT2D eigenvalue weighted by atomic mass is 35.5. The van der Waals surface area contributed by atoms with Crippen LogP contribution >= 0.6 is 23.2 Å². The molecule has 17 heteroatoms. The zero-order valence-electron chi connectivity index (χ0n) is 20.7. The number of hydrogen-bond donors (Lipinski definition) is 4. The minimum Gasteiger partial charge on any atom is -0.506 e. The minimum atomic E-state index is -3.92. The Morgan fingerprint density at radius 2 is 1.80 bits per heavy atom. The lowest BCUT2D eigenvalue weighted by atomic mass is 9.92. The fourth-order valence-electron chi connectivity index (χ4n) is 4.11. The number of nitrogens with zero attached hydrogens (tertiary/aromatic N) is 2. The largest absolute Gasteiger partial charge is 0.506 e. The molecule has 0 radical (unpaired) electrons. The number of carbonyl (C=O) groups excluding carboxylic acids is 1. The first kappa shape index (κ1) is 28.8. The molecule has 3 aromatic rings. The minimum absolute atomic E-state index is 0.0135. The molecule has 4 N–H and O–H groups in total. The number of phenolic OH excluding ortho intramolecular Hbond substituents is 1. The quantitative estimate of drug-likeness (QED) is 0.260. The normalized spacial score (nSPS) is 18.6. The van der Waals surface area contributed by atoms with Gasteiger partial charge in [-0.15, -0.1) is 0 Å². The molecule has 0 bridgehead atoms. The molecule has 218 valence electrons. The molecule has 0 aliphatic heterocycles. The van der Waals surface area contributed by atoms with Gasteiger partial charge in [0.1, 0.15) is 11.5 Å². The Morgan fingerprint density at radius 3 is 2.41 bits per heavy atom. The van der Waals surface area contributed by atoms with Crippen LogP contribution in [0.15, 0.2) is 39.9 Å². The van der Waals surface area contributed by atoms with E-state index in [9.17, 15) is 36.7 Å². The Bertz CT molecular complexity index is 1730. The summed E-state index contributed by atoms with van der Waals surface area (Å²) in [6.07, 6.45) is -1.11. The van der Waals surface area contributed by atoms with E-state index in [1.54, 1.807) is 4.98 Å². The van der Waals surface area contributed by atoms with Crippen LogP contribution in [-0.2, 0) is 14.8 Å². The Kier molecular flexibility index (Phi) is 7.70. The van der Waals surface area contributed by atoms with E-state index in [4.69, 9.17) is 27.9 Å². The van der Waals surface area contributed by atoms with E-state index in [-0.39, 0.29) is 69.4 Å². The zero-order chi connectivity index (χ0) is 29.6. The Hall–Kier alpha value is -3.69. The number of sulfonamides is 1. The number of amides is 1. The summed E-state index contributed by atoms with van der Waals surface area (Å²) < 4.78 is 60.4. The number of nitrogens with one attached hydrogen (secondary N) is 3. The van der Waals surface area contributed by atoms with Gasteiger partial charge < -0.3 is 15.2 Å². The van der Waals surface area contributed by atoms with Gasteiger partial charge in [0.15, 0.2) is 11.4 Å². The lowest BCUT2D eigenvalue weighted by molar-refractivity contribution is -0.123. The number of rotatable bonds is 9. The average Bonchev–Trinajstić information content (AvgIpc) is 3.70. The lowest BCUT2D eigenvalue weighted by Crippen LogP contribution is -2.51. The summed E-state index contributed by atoms with van der Waals surface area (Å²) in [5.74, 6) is -0.560. The predicted octanol–water partition coefficient (Wildman–Crippen LogP) is 3.46. The molecule has 0 atom stereocenters. The van der Waals surface area contributed by atoms with Gasteiger partial charge in [0.25, 0.3) is 12.0 Å². The smallest absolute Gasteiger partial charge is 0.349 e. The van der Waals surface area contributed by atoms with Crippen molar-refractivity contribution in [3.05, 3.63) is 66.9 Å². The summed E-state index contributed by atoms with van der Waals surface area (Å²) in [6, 6.07) is 5.71. The number of carbonyl (C=O) groups is 1. The summed E-state index contributed by atoms with van der Waals surface area (Å²) in [5, 5.41) is 15.3. The second kappa shape index (κ2) is 10.9. The fraction of sp³-hybridized carbons (Fsp3) is 0.333. The number of halogens is 4. The van der Waals surface area contributed by atoms with E-state index in [1.165, 1.54) is 18.2 Å². The summed E-state index contributed by atoms with van der Waals surface area (Å²) >= 11 is 12.6. The second-order valence-corrected chi connectivity index (χ2v) is 12.4. The van der Waals surface area contributed by atoms with Crippen molar-refractivity contribution in [1.82, 2.24) is 20.1 Å².